The van der Waals surface area contributed by atoms with Crippen LogP contribution in [0, 0.1) is 11.8 Å². The SMILES string of the molecule is CCOc1ccc(NC(=O)COc2cccc([C@@H]3OC[C@@H](c4cccc(Cl)c4)C[C@H]3C(C)C)c2)cc1. The lowest BCUT2D eigenvalue weighted by atomic mass is 9.76. The van der Waals surface area contributed by atoms with Gasteiger partial charge in [0, 0.05) is 16.6 Å². The van der Waals surface area contributed by atoms with E-state index < -0.39 is 0 Å². The van der Waals surface area contributed by atoms with Crippen molar-refractivity contribution in [3.05, 3.63) is 88.9 Å². The predicted octanol–water partition coefficient (Wildman–Crippen LogP) is 7.27. The van der Waals surface area contributed by atoms with E-state index >= 15 is 0 Å². The molecule has 1 fully saturated rings. The van der Waals surface area contributed by atoms with E-state index in [1.54, 1.807) is 0 Å². The molecule has 6 heteroatoms. The summed E-state index contributed by atoms with van der Waals surface area (Å²) in [5, 5.41) is 3.61. The Hall–Kier alpha value is -3.02. The lowest BCUT2D eigenvalue weighted by Gasteiger charge is -2.39. The molecule has 0 unspecified atom stereocenters. The van der Waals surface area contributed by atoms with Crippen LogP contribution in [0.1, 0.15) is 50.3 Å². The fraction of sp³-hybridized carbons (Fsp3) is 0.367. The number of carbonyl (C=O) groups excluding carboxylic acids is 1. The van der Waals surface area contributed by atoms with Crippen molar-refractivity contribution >= 4 is 23.2 Å². The molecule has 4 rings (SSSR count). The summed E-state index contributed by atoms with van der Waals surface area (Å²) in [7, 11) is 0. The molecule has 0 aromatic heterocycles. The van der Waals surface area contributed by atoms with E-state index in [0.29, 0.717) is 42.4 Å². The minimum Gasteiger partial charge on any atom is -0.494 e. The normalized spacial score (nSPS) is 19.6. The first kappa shape index (κ1) is 26.1. The Morgan fingerprint density at radius 3 is 2.47 bits per heavy atom. The van der Waals surface area contributed by atoms with Crippen molar-refractivity contribution in [1.82, 2.24) is 0 Å². The molecule has 3 aromatic carbocycles. The molecule has 1 aliphatic heterocycles. The number of carbonyl (C=O) groups is 1. The van der Waals surface area contributed by atoms with Gasteiger partial charge in [-0.25, -0.2) is 0 Å². The number of hydrogen-bond donors (Lipinski definition) is 1. The summed E-state index contributed by atoms with van der Waals surface area (Å²) in [6.45, 7) is 7.59. The van der Waals surface area contributed by atoms with Crippen LogP contribution in [0.15, 0.2) is 72.8 Å². The summed E-state index contributed by atoms with van der Waals surface area (Å²) in [6, 6.07) is 23.3. The number of ether oxygens (including phenoxy) is 3. The van der Waals surface area contributed by atoms with Crippen molar-refractivity contribution in [2.24, 2.45) is 11.8 Å². The first-order valence-corrected chi connectivity index (χ1v) is 12.9. The maximum Gasteiger partial charge on any atom is 0.262 e. The summed E-state index contributed by atoms with van der Waals surface area (Å²) in [5.74, 6) is 2.31. The molecule has 1 aliphatic rings. The second-order valence-corrected chi connectivity index (χ2v) is 9.95. The minimum absolute atomic E-state index is 0.0262. The second kappa shape index (κ2) is 12.3. The quantitative estimate of drug-likeness (QED) is 0.331. The van der Waals surface area contributed by atoms with Gasteiger partial charge in [-0.3, -0.25) is 4.79 Å². The molecule has 3 aromatic rings. The van der Waals surface area contributed by atoms with Crippen LogP contribution in [0.2, 0.25) is 5.02 Å². The number of halogens is 1. The molecule has 1 N–H and O–H groups in total. The van der Waals surface area contributed by atoms with Crippen LogP contribution in [0.25, 0.3) is 0 Å². The zero-order valence-corrected chi connectivity index (χ0v) is 21.8. The number of anilines is 1. The van der Waals surface area contributed by atoms with Gasteiger partial charge >= 0.3 is 0 Å². The Labute approximate surface area is 218 Å². The molecule has 1 saturated heterocycles. The summed E-state index contributed by atoms with van der Waals surface area (Å²) in [5.41, 5.74) is 3.00. The van der Waals surface area contributed by atoms with Gasteiger partial charge in [0.1, 0.15) is 11.5 Å². The molecule has 5 nitrogen and oxygen atoms in total. The van der Waals surface area contributed by atoms with E-state index in [1.807, 2.05) is 67.6 Å². The van der Waals surface area contributed by atoms with Gasteiger partial charge in [-0.1, -0.05) is 49.7 Å². The highest BCUT2D eigenvalue weighted by molar-refractivity contribution is 6.30. The highest BCUT2D eigenvalue weighted by Crippen LogP contribution is 2.44. The molecule has 0 radical (unpaired) electrons. The zero-order chi connectivity index (χ0) is 25.5. The van der Waals surface area contributed by atoms with Gasteiger partial charge in [0.05, 0.1) is 19.3 Å². The van der Waals surface area contributed by atoms with E-state index in [0.717, 1.165) is 22.8 Å². The molecule has 0 spiro atoms. The maximum absolute atomic E-state index is 12.4. The molecular formula is C30H34ClNO4. The second-order valence-electron chi connectivity index (χ2n) is 9.52. The average Bonchev–Trinajstić information content (AvgIpc) is 2.88. The third-order valence-corrected chi connectivity index (χ3v) is 6.84. The van der Waals surface area contributed by atoms with Crippen molar-refractivity contribution in [1.29, 1.82) is 0 Å². The molecule has 0 bridgehead atoms. The highest BCUT2D eigenvalue weighted by Gasteiger charge is 2.35. The Kier molecular flexibility index (Phi) is 8.89. The number of benzene rings is 3. The van der Waals surface area contributed by atoms with Gasteiger partial charge in [0.2, 0.25) is 0 Å². The van der Waals surface area contributed by atoms with Crippen LogP contribution in [-0.2, 0) is 9.53 Å². The third kappa shape index (κ3) is 6.80. The van der Waals surface area contributed by atoms with Crippen molar-refractivity contribution in [2.45, 2.75) is 39.2 Å². The molecule has 0 aliphatic carbocycles. The fourth-order valence-electron chi connectivity index (χ4n) is 4.75. The summed E-state index contributed by atoms with van der Waals surface area (Å²) in [6.07, 6.45) is 1.000. The smallest absolute Gasteiger partial charge is 0.262 e. The first-order chi connectivity index (χ1) is 17.4. The number of nitrogens with one attached hydrogen (secondary N) is 1. The summed E-state index contributed by atoms with van der Waals surface area (Å²) >= 11 is 6.23. The molecule has 0 saturated carbocycles. The maximum atomic E-state index is 12.4. The lowest BCUT2D eigenvalue weighted by Crippen LogP contribution is -2.31. The molecule has 36 heavy (non-hydrogen) atoms. The van der Waals surface area contributed by atoms with Gasteiger partial charge in [0.15, 0.2) is 6.61 Å². The Bertz CT molecular complexity index is 1150. The minimum atomic E-state index is -0.220. The van der Waals surface area contributed by atoms with Crippen LogP contribution in [0.5, 0.6) is 11.5 Å². The molecule has 3 atom stereocenters. The molecule has 190 valence electrons. The van der Waals surface area contributed by atoms with E-state index in [9.17, 15) is 4.79 Å². The van der Waals surface area contributed by atoms with Crippen LogP contribution < -0.4 is 14.8 Å². The number of amides is 1. The highest BCUT2D eigenvalue weighted by atomic mass is 35.5. The monoisotopic (exact) mass is 507 g/mol. The van der Waals surface area contributed by atoms with E-state index in [2.05, 4.69) is 31.3 Å². The molecule has 1 heterocycles. The largest absolute Gasteiger partial charge is 0.494 e. The van der Waals surface area contributed by atoms with Crippen LogP contribution in [0.3, 0.4) is 0 Å². The number of hydrogen-bond acceptors (Lipinski definition) is 4. The summed E-state index contributed by atoms with van der Waals surface area (Å²) < 4.78 is 17.7. The third-order valence-electron chi connectivity index (χ3n) is 6.60. The predicted molar refractivity (Wildman–Crippen MR) is 144 cm³/mol. The van der Waals surface area contributed by atoms with Gasteiger partial charge in [-0.15, -0.1) is 0 Å². The lowest BCUT2D eigenvalue weighted by molar-refractivity contribution is -0.118. The van der Waals surface area contributed by atoms with Crippen LogP contribution in [0.4, 0.5) is 5.69 Å². The van der Waals surface area contributed by atoms with Crippen molar-refractivity contribution in [2.75, 3.05) is 25.1 Å². The van der Waals surface area contributed by atoms with E-state index in [1.165, 1.54) is 5.56 Å². The van der Waals surface area contributed by atoms with Gasteiger partial charge in [0.25, 0.3) is 5.91 Å². The van der Waals surface area contributed by atoms with E-state index in [-0.39, 0.29) is 18.6 Å². The first-order valence-electron chi connectivity index (χ1n) is 12.6. The van der Waals surface area contributed by atoms with Crippen LogP contribution >= 0.6 is 11.6 Å². The standard InChI is InChI=1S/C30H34ClNO4/c1-4-34-26-13-11-25(12-14-26)32-29(33)19-35-27-10-6-8-22(16-27)30-28(20(2)3)17-23(18-36-30)21-7-5-9-24(31)15-21/h5-16,20,23,28,30H,4,17-19H2,1-3H3,(H,32,33)/t23-,28-,30-/m0/s1. The zero-order valence-electron chi connectivity index (χ0n) is 21.1. The fourth-order valence-corrected chi connectivity index (χ4v) is 4.95. The van der Waals surface area contributed by atoms with Gasteiger partial charge < -0.3 is 19.5 Å². The molecular weight excluding hydrogens is 474 g/mol. The van der Waals surface area contributed by atoms with Crippen molar-refractivity contribution in [3.8, 4) is 11.5 Å². The molecule has 1 amide bonds. The Morgan fingerprint density at radius 1 is 1.00 bits per heavy atom. The summed E-state index contributed by atoms with van der Waals surface area (Å²) in [4.78, 5) is 12.4. The van der Waals surface area contributed by atoms with Gasteiger partial charge in [-0.2, -0.15) is 0 Å². The van der Waals surface area contributed by atoms with Crippen molar-refractivity contribution in [3.63, 3.8) is 0 Å². The van der Waals surface area contributed by atoms with Crippen molar-refractivity contribution < 1.29 is 19.0 Å². The van der Waals surface area contributed by atoms with Crippen LogP contribution in [-0.4, -0.2) is 25.7 Å². The van der Waals surface area contributed by atoms with E-state index in [4.69, 9.17) is 25.8 Å². The Balaban J connectivity index is 1.37. The average molecular weight is 508 g/mol. The Morgan fingerprint density at radius 2 is 1.75 bits per heavy atom. The van der Waals surface area contributed by atoms with Gasteiger partial charge in [-0.05, 0) is 84.8 Å². The number of rotatable bonds is 9. The topological polar surface area (TPSA) is 56.8 Å².